The molecule has 30 heavy (non-hydrogen) atoms. The fraction of sp³-hybridized carbons (Fsp3) is 0.625. The van der Waals surface area contributed by atoms with Crippen LogP contribution in [0.25, 0.3) is 0 Å². The van der Waals surface area contributed by atoms with Gasteiger partial charge in [0.1, 0.15) is 17.6 Å². The molecule has 0 aromatic heterocycles. The van der Waals surface area contributed by atoms with E-state index in [2.05, 4.69) is 72.0 Å². The van der Waals surface area contributed by atoms with Gasteiger partial charge >= 0.3 is 0 Å². The predicted octanol–water partition coefficient (Wildman–Crippen LogP) is 5.76. The molecule has 6 heteroatoms. The minimum Gasteiger partial charge on any atom is -0.544 e. The average Bonchev–Trinajstić information content (AvgIpc) is 2.97. The molecule has 3 rings (SSSR count). The Hall–Kier alpha value is -0.0692. The van der Waals surface area contributed by atoms with Gasteiger partial charge in [-0.15, -0.1) is 0 Å². The molecule has 167 valence electrons. The van der Waals surface area contributed by atoms with Gasteiger partial charge in [-0.3, -0.25) is 4.79 Å². The summed E-state index contributed by atoms with van der Waals surface area (Å²) in [6.45, 7) is 24.5. The van der Waals surface area contributed by atoms with Gasteiger partial charge in [0.05, 0.1) is 6.10 Å². The molecular formula is C24H38O4SiY-2. The summed E-state index contributed by atoms with van der Waals surface area (Å²) >= 11 is 0. The van der Waals surface area contributed by atoms with E-state index in [-0.39, 0.29) is 49.6 Å². The van der Waals surface area contributed by atoms with E-state index in [1.807, 2.05) is 20.8 Å². The minimum atomic E-state index is -1.69. The third-order valence-corrected chi connectivity index (χ3v) is 10.4. The molecule has 4 nitrogen and oxygen atoms in total. The molecule has 0 N–H and O–H groups in total. The molecule has 0 unspecified atom stereocenters. The van der Waals surface area contributed by atoms with Crippen LogP contribution in [0.4, 0.5) is 0 Å². The summed E-state index contributed by atoms with van der Waals surface area (Å²) in [5, 5.41) is 0.248. The van der Waals surface area contributed by atoms with Crippen molar-refractivity contribution in [1.29, 1.82) is 0 Å². The van der Waals surface area contributed by atoms with Crippen LogP contribution < -0.4 is 4.43 Å². The van der Waals surface area contributed by atoms with Crippen molar-refractivity contribution in [1.82, 2.24) is 0 Å². The molecule has 1 saturated heterocycles. The number of carbonyl (C=O) groups excluding carboxylic acids is 1. The van der Waals surface area contributed by atoms with Gasteiger partial charge in [0, 0.05) is 32.7 Å². The molecular weight excluding hydrogens is 469 g/mol. The number of ketones is 1. The van der Waals surface area contributed by atoms with Gasteiger partial charge in [-0.05, 0) is 50.5 Å². The van der Waals surface area contributed by atoms with Crippen LogP contribution in [-0.2, 0) is 53.4 Å². The minimum absolute atomic E-state index is 0. The van der Waals surface area contributed by atoms with Crippen molar-refractivity contribution < 1.29 is 51.4 Å². The van der Waals surface area contributed by atoms with Crippen LogP contribution in [0.15, 0.2) is 24.3 Å². The molecule has 1 aromatic rings. The fourth-order valence-electron chi connectivity index (χ4n) is 3.27. The molecule has 0 amide bonds. The number of rotatable bonds is 3. The van der Waals surface area contributed by atoms with Crippen molar-refractivity contribution in [3.8, 4) is 5.75 Å². The molecule has 1 aliphatic carbocycles. The van der Waals surface area contributed by atoms with Crippen molar-refractivity contribution in [2.75, 3.05) is 0 Å². The molecule has 1 saturated carbocycles. The standard InChI is InChI=1S/C14H23OSi.C10H15O3.Y/c1-7-12-8-10-13(11-9-12)15-16(5,6)14(2,3)4;1-9(2)5-6-7(8(9)11)13-10(3,4)12-6;/h8-11H,1,7H2,2-6H3;6-7H,1,5H2,2-4H3;/q2*-1;/t;6-,7-,9+;/m.1./s1. The SMILES string of the molecule is [CH2-]Cc1ccc(O[Si](C)(C)C(C)(C)C)cc1.[CH2-][C@]1(C)C[C@H]2OC(C)(C)O[C@H]2C1=O.[Y]. The number of carbonyl (C=O) groups is 1. The summed E-state index contributed by atoms with van der Waals surface area (Å²) < 4.78 is 17.3. The number of fused-ring (bicyclic) bond motifs is 1. The quantitative estimate of drug-likeness (QED) is 0.385. The van der Waals surface area contributed by atoms with Crippen LogP contribution in [0.5, 0.6) is 5.75 Å². The van der Waals surface area contributed by atoms with Crippen molar-refractivity contribution in [3.63, 3.8) is 0 Å². The van der Waals surface area contributed by atoms with Crippen molar-refractivity contribution in [2.24, 2.45) is 5.41 Å². The van der Waals surface area contributed by atoms with Gasteiger partial charge in [-0.1, -0.05) is 50.8 Å². The van der Waals surface area contributed by atoms with Gasteiger partial charge in [-0.25, -0.2) is 0 Å². The first-order chi connectivity index (χ1) is 13.1. The Labute approximate surface area is 209 Å². The van der Waals surface area contributed by atoms with Crippen LogP contribution in [0, 0.1) is 19.3 Å². The van der Waals surface area contributed by atoms with Gasteiger partial charge in [0.2, 0.25) is 8.32 Å². The maximum atomic E-state index is 11.7. The van der Waals surface area contributed by atoms with E-state index in [1.165, 1.54) is 5.56 Å². The molecule has 2 fully saturated rings. The van der Waals surface area contributed by atoms with E-state index in [4.69, 9.17) is 13.9 Å². The average molecular weight is 508 g/mol. The number of hydrogen-bond acceptors (Lipinski definition) is 4. The molecule has 3 atom stereocenters. The predicted molar refractivity (Wildman–Crippen MR) is 120 cm³/mol. The summed E-state index contributed by atoms with van der Waals surface area (Å²) in [5.41, 5.74) is 0.730. The summed E-state index contributed by atoms with van der Waals surface area (Å²) in [6, 6.07) is 8.30. The maximum absolute atomic E-state index is 11.7. The van der Waals surface area contributed by atoms with E-state index in [0.29, 0.717) is 6.42 Å². The summed E-state index contributed by atoms with van der Waals surface area (Å²) in [6.07, 6.45) is 1.02. The van der Waals surface area contributed by atoms with Gasteiger partial charge in [-0.2, -0.15) is 6.42 Å². The molecule has 1 radical (unpaired) electrons. The second-order valence-corrected chi connectivity index (χ2v) is 15.2. The second-order valence-electron chi connectivity index (χ2n) is 10.5. The van der Waals surface area contributed by atoms with Crippen LogP contribution >= 0.6 is 0 Å². The second kappa shape index (κ2) is 9.82. The molecule has 0 bridgehead atoms. The largest absolute Gasteiger partial charge is 0.544 e. The monoisotopic (exact) mass is 507 g/mol. The van der Waals surface area contributed by atoms with Crippen molar-refractivity contribution in [2.45, 2.75) is 90.5 Å². The topological polar surface area (TPSA) is 44.8 Å². The molecule has 1 aromatic carbocycles. The Morgan fingerprint density at radius 1 is 1.13 bits per heavy atom. The first-order valence-corrected chi connectivity index (χ1v) is 13.3. The Morgan fingerprint density at radius 2 is 1.67 bits per heavy atom. The van der Waals surface area contributed by atoms with E-state index >= 15 is 0 Å². The normalized spacial score (nSPS) is 27.6. The van der Waals surface area contributed by atoms with Crippen molar-refractivity contribution in [3.05, 3.63) is 43.7 Å². The first-order valence-electron chi connectivity index (χ1n) is 10.4. The summed E-state index contributed by atoms with van der Waals surface area (Å²) in [7, 11) is -1.69. The number of benzene rings is 1. The molecule has 0 spiro atoms. The van der Waals surface area contributed by atoms with Gasteiger partial charge in [0.25, 0.3) is 0 Å². The zero-order valence-corrected chi connectivity index (χ0v) is 23.8. The summed E-state index contributed by atoms with van der Waals surface area (Å²) in [5.74, 6) is 0.452. The zero-order valence-electron chi connectivity index (χ0n) is 20.0. The Balaban J connectivity index is 0.000000295. The van der Waals surface area contributed by atoms with Gasteiger partial charge < -0.3 is 27.7 Å². The fourth-order valence-corrected chi connectivity index (χ4v) is 4.30. The van der Waals surface area contributed by atoms with Crippen LogP contribution in [0.2, 0.25) is 18.1 Å². The van der Waals surface area contributed by atoms with Crippen LogP contribution in [0.1, 0.15) is 53.5 Å². The Kier molecular flexibility index (Phi) is 9.16. The first kappa shape index (κ1) is 28.0. The zero-order chi connectivity index (χ0) is 22.3. The maximum Gasteiger partial charge on any atom is 0.250 e. The van der Waals surface area contributed by atoms with E-state index in [9.17, 15) is 4.79 Å². The number of ether oxygens (including phenoxy) is 2. The van der Waals surface area contributed by atoms with E-state index in [1.54, 1.807) is 0 Å². The van der Waals surface area contributed by atoms with Crippen LogP contribution in [-0.4, -0.2) is 32.1 Å². The number of Topliss-reactive ketones (excluding diaryl/α,β-unsaturated/α-hetero) is 1. The van der Waals surface area contributed by atoms with Crippen molar-refractivity contribution >= 4 is 14.1 Å². The smallest absolute Gasteiger partial charge is 0.250 e. The summed E-state index contributed by atoms with van der Waals surface area (Å²) in [4.78, 5) is 11.7. The van der Waals surface area contributed by atoms with Crippen LogP contribution in [0.3, 0.4) is 0 Å². The van der Waals surface area contributed by atoms with E-state index in [0.717, 1.165) is 12.2 Å². The van der Waals surface area contributed by atoms with Gasteiger partial charge in [0.15, 0.2) is 5.79 Å². The molecule has 1 heterocycles. The Morgan fingerprint density at radius 3 is 2.10 bits per heavy atom. The Bertz CT molecular complexity index is 720. The molecule has 1 aliphatic heterocycles. The third-order valence-electron chi connectivity index (χ3n) is 6.08. The molecule has 2 aliphatic rings. The number of hydrogen-bond donors (Lipinski definition) is 0. The third kappa shape index (κ3) is 6.71. The van der Waals surface area contributed by atoms with E-state index < -0.39 is 25.6 Å².